The molecule has 3 heterocycles. The summed E-state index contributed by atoms with van der Waals surface area (Å²) in [7, 11) is 1.51. The number of fused-ring (bicyclic) bond motifs is 2. The van der Waals surface area contributed by atoms with Crippen LogP contribution in [0.5, 0.6) is 11.5 Å². The number of methoxy groups -OCH3 is 1. The highest BCUT2D eigenvalue weighted by Crippen LogP contribution is 2.52. The number of hydrogen-bond donors (Lipinski definition) is 4. The molecule has 63 heavy (non-hydrogen) atoms. The molecule has 0 spiro atoms. The number of anilines is 1. The first-order chi connectivity index (χ1) is 30.7. The molecule has 1 aromatic heterocycles. The van der Waals surface area contributed by atoms with Crippen LogP contribution in [0.4, 0.5) is 5.82 Å². The third kappa shape index (κ3) is 11.6. The number of carbonyl (C=O) groups excluding carboxylic acids is 2. The van der Waals surface area contributed by atoms with Gasteiger partial charge < -0.3 is 26.2 Å². The van der Waals surface area contributed by atoms with Crippen LogP contribution in [-0.2, 0) is 41.7 Å². The van der Waals surface area contributed by atoms with Gasteiger partial charge in [0.05, 0.1) is 13.5 Å². The Morgan fingerprint density at radius 3 is 2.49 bits per heavy atom. The van der Waals surface area contributed by atoms with Crippen LogP contribution in [0.15, 0.2) is 96.7 Å². The lowest BCUT2D eigenvalue weighted by atomic mass is 9.60. The molecule has 4 aromatic rings. The number of Topliss-reactive ketones (excluding diaryl/α,β-unsaturated/α-hetero) is 1. The molecule has 2 aliphatic heterocycles. The van der Waals surface area contributed by atoms with Crippen LogP contribution in [0.25, 0.3) is 6.08 Å². The Hall–Kier alpha value is -5.05. The zero-order chi connectivity index (χ0) is 43.6. The Kier molecular flexibility index (Phi) is 14.9. The lowest BCUT2D eigenvalue weighted by molar-refractivity contribution is -0.124. The van der Waals surface area contributed by atoms with Crippen molar-refractivity contribution in [3.63, 3.8) is 0 Å². The molecule has 8 heteroatoms. The van der Waals surface area contributed by atoms with Crippen LogP contribution in [0.1, 0.15) is 116 Å². The number of pyridine rings is 1. The molecule has 2 saturated heterocycles. The maximum atomic E-state index is 13.4. The van der Waals surface area contributed by atoms with Crippen molar-refractivity contribution in [3.05, 3.63) is 136 Å². The molecule has 0 radical (unpaired) electrons. The third-order valence-electron chi connectivity index (χ3n) is 14.9. The van der Waals surface area contributed by atoms with Crippen LogP contribution in [-0.4, -0.2) is 54.4 Å². The number of ether oxygens (including phenoxy) is 1. The zero-order valence-corrected chi connectivity index (χ0v) is 37.4. The number of carbonyl (C=O) groups is 2. The number of nitrogens with one attached hydrogen (secondary N) is 2. The Labute approximate surface area is 375 Å². The SMILES string of the molecule is COc1cc(/C=C/C(=O)CC(=O)CCCC2(C[C@@H]3[C@H]4CCNC[C@@H]4C=C4CCCN[C@H]43)CCCC2)c(Cc2cnc(N)cc2CCc2cccc(CCc3ccccc3)c2)cc1O. The summed E-state index contributed by atoms with van der Waals surface area (Å²) in [6.45, 7) is 3.34. The second kappa shape index (κ2) is 21.1. The number of aromatic nitrogens is 1. The van der Waals surface area contributed by atoms with Gasteiger partial charge in [0.15, 0.2) is 17.3 Å². The van der Waals surface area contributed by atoms with Gasteiger partial charge >= 0.3 is 0 Å². The summed E-state index contributed by atoms with van der Waals surface area (Å²) >= 11 is 0. The lowest BCUT2D eigenvalue weighted by Gasteiger charge is -2.50. The molecule has 4 atom stereocenters. The molecule has 3 aromatic carbocycles. The van der Waals surface area contributed by atoms with Crippen LogP contribution >= 0.6 is 0 Å². The molecule has 0 unspecified atom stereocenters. The van der Waals surface area contributed by atoms with E-state index >= 15 is 0 Å². The molecule has 4 aliphatic rings. The second-order valence-electron chi connectivity index (χ2n) is 19.1. The van der Waals surface area contributed by atoms with Gasteiger partial charge in [0.1, 0.15) is 11.6 Å². The maximum absolute atomic E-state index is 13.4. The minimum Gasteiger partial charge on any atom is -0.504 e. The monoisotopic (exact) mass is 849 g/mol. The number of nitrogen functional groups attached to an aromatic ring is 1. The fourth-order valence-corrected chi connectivity index (χ4v) is 11.6. The summed E-state index contributed by atoms with van der Waals surface area (Å²) in [5.41, 5.74) is 15.7. The van der Waals surface area contributed by atoms with E-state index in [1.807, 2.05) is 12.3 Å². The smallest absolute Gasteiger partial charge is 0.163 e. The summed E-state index contributed by atoms with van der Waals surface area (Å²) in [6, 6.07) is 25.3. The molecule has 332 valence electrons. The van der Waals surface area contributed by atoms with E-state index in [1.54, 1.807) is 23.8 Å². The van der Waals surface area contributed by atoms with E-state index in [2.05, 4.69) is 76.3 Å². The molecule has 0 amide bonds. The van der Waals surface area contributed by atoms with Gasteiger partial charge in [-0.25, -0.2) is 4.98 Å². The van der Waals surface area contributed by atoms with Crippen molar-refractivity contribution in [2.24, 2.45) is 23.2 Å². The molecular weight excluding hydrogens is 781 g/mol. The quantitative estimate of drug-likeness (QED) is 0.0418. The summed E-state index contributed by atoms with van der Waals surface area (Å²) in [4.78, 5) is 31.1. The topological polar surface area (TPSA) is 127 Å². The number of aromatic hydroxyl groups is 1. The number of nitrogens with two attached hydrogens (primary N) is 1. The van der Waals surface area contributed by atoms with Crippen molar-refractivity contribution < 1.29 is 19.4 Å². The number of hydrogen-bond acceptors (Lipinski definition) is 8. The Morgan fingerprint density at radius 2 is 1.68 bits per heavy atom. The van der Waals surface area contributed by atoms with Gasteiger partial charge in [-0.3, -0.25) is 9.59 Å². The first-order valence-electron chi connectivity index (χ1n) is 23.9. The fraction of sp³-hybridized carbons (Fsp3) is 0.473. The van der Waals surface area contributed by atoms with Crippen molar-refractivity contribution in [2.45, 2.75) is 115 Å². The van der Waals surface area contributed by atoms with Crippen molar-refractivity contribution in [3.8, 4) is 11.5 Å². The zero-order valence-electron chi connectivity index (χ0n) is 37.4. The van der Waals surface area contributed by atoms with E-state index < -0.39 is 0 Å². The van der Waals surface area contributed by atoms with Crippen LogP contribution in [0.2, 0.25) is 0 Å². The van der Waals surface area contributed by atoms with E-state index in [0.717, 1.165) is 86.3 Å². The number of phenols is 1. The van der Waals surface area contributed by atoms with Gasteiger partial charge in [-0.2, -0.15) is 0 Å². The average Bonchev–Trinajstić information content (AvgIpc) is 3.76. The van der Waals surface area contributed by atoms with Gasteiger partial charge in [0.2, 0.25) is 0 Å². The van der Waals surface area contributed by atoms with E-state index in [4.69, 9.17) is 10.5 Å². The molecule has 5 N–H and O–H groups in total. The van der Waals surface area contributed by atoms with Crippen molar-refractivity contribution in [2.75, 3.05) is 32.5 Å². The van der Waals surface area contributed by atoms with E-state index in [9.17, 15) is 14.7 Å². The van der Waals surface area contributed by atoms with Gasteiger partial charge in [0, 0.05) is 25.2 Å². The summed E-state index contributed by atoms with van der Waals surface area (Å²) in [5.74, 6) is 2.65. The van der Waals surface area contributed by atoms with Gasteiger partial charge in [-0.1, -0.05) is 85.2 Å². The number of piperidine rings is 2. The molecule has 3 fully saturated rings. The number of phenolic OH excluding ortho intramolecular Hbond substituents is 1. The van der Waals surface area contributed by atoms with E-state index in [1.165, 1.54) is 81.2 Å². The molecular formula is C55H68N4O4. The largest absolute Gasteiger partial charge is 0.504 e. The summed E-state index contributed by atoms with van der Waals surface area (Å²) in [6.07, 6.45) is 24.1. The first kappa shape index (κ1) is 44.6. The highest BCUT2D eigenvalue weighted by Gasteiger charge is 2.46. The van der Waals surface area contributed by atoms with Crippen LogP contribution in [0, 0.1) is 23.2 Å². The van der Waals surface area contributed by atoms with Gasteiger partial charge in [-0.15, -0.1) is 0 Å². The van der Waals surface area contributed by atoms with Crippen molar-refractivity contribution in [1.29, 1.82) is 0 Å². The maximum Gasteiger partial charge on any atom is 0.163 e. The number of benzene rings is 3. The predicted molar refractivity (Wildman–Crippen MR) is 254 cm³/mol. The summed E-state index contributed by atoms with van der Waals surface area (Å²) < 4.78 is 5.47. The average molecular weight is 849 g/mol. The van der Waals surface area contributed by atoms with Gasteiger partial charge in [0.25, 0.3) is 0 Å². The molecule has 2 aliphatic carbocycles. The van der Waals surface area contributed by atoms with E-state index in [-0.39, 0.29) is 23.7 Å². The van der Waals surface area contributed by atoms with Crippen molar-refractivity contribution in [1.82, 2.24) is 15.6 Å². The first-order valence-corrected chi connectivity index (χ1v) is 23.9. The highest BCUT2D eigenvalue weighted by molar-refractivity contribution is 6.06. The minimum absolute atomic E-state index is 0.0101. The Morgan fingerprint density at radius 1 is 0.905 bits per heavy atom. The van der Waals surface area contributed by atoms with E-state index in [0.29, 0.717) is 47.7 Å². The Bertz CT molecular complexity index is 2260. The number of nitrogens with zero attached hydrogens (tertiary/aromatic N) is 1. The molecule has 1 saturated carbocycles. The fourth-order valence-electron chi connectivity index (χ4n) is 11.6. The number of allylic oxidation sites excluding steroid dienone is 1. The number of aryl methyl sites for hydroxylation is 4. The normalized spacial score (nSPS) is 21.7. The van der Waals surface area contributed by atoms with Crippen molar-refractivity contribution >= 4 is 23.5 Å². The third-order valence-corrected chi connectivity index (χ3v) is 14.9. The summed E-state index contributed by atoms with van der Waals surface area (Å²) in [5, 5.41) is 18.5. The number of rotatable bonds is 19. The number of ketones is 2. The van der Waals surface area contributed by atoms with Crippen LogP contribution < -0.4 is 21.1 Å². The lowest BCUT2D eigenvalue weighted by Crippen LogP contribution is -2.53. The highest BCUT2D eigenvalue weighted by atomic mass is 16.5. The Balaban J connectivity index is 0.882. The van der Waals surface area contributed by atoms with Gasteiger partial charge in [-0.05, 0) is 183 Å². The standard InChI is InChI=1S/C55H68N4O4/c1-63-52-32-41(44(31-51(52)62)30-45-37-59-53(56)33-42(45)19-18-40-13-7-12-39(28-40)17-16-38-10-3-2-4-11-38)20-21-48(61)34-47(60)15-8-25-55(23-5-6-24-55)35-50-49-22-27-57-36-46(49)29-43-14-9-26-58-54(43)50/h2-4,7,10-13,20-21,28-29,31-33,37,46,49-50,54,57-58,62H,5-6,8-9,14-19,22-27,30,34-36H2,1H3,(H2,56,59)/b21-20+/t46-,49-,50+,54+/m0/s1. The molecule has 8 rings (SSSR count). The second-order valence-corrected chi connectivity index (χ2v) is 19.1. The molecule has 8 nitrogen and oxygen atoms in total. The molecule has 0 bridgehead atoms. The van der Waals surface area contributed by atoms with Crippen LogP contribution in [0.3, 0.4) is 0 Å². The minimum atomic E-state index is -0.212. The predicted octanol–water partition coefficient (Wildman–Crippen LogP) is 9.74.